The lowest BCUT2D eigenvalue weighted by atomic mass is 9.98. The van der Waals surface area contributed by atoms with Crippen molar-refractivity contribution in [2.24, 2.45) is 11.7 Å². The van der Waals surface area contributed by atoms with Gasteiger partial charge < -0.3 is 5.73 Å². The van der Waals surface area contributed by atoms with E-state index in [0.717, 1.165) is 19.4 Å². The summed E-state index contributed by atoms with van der Waals surface area (Å²) >= 11 is 0. The smallest absolute Gasteiger partial charge is 0.00483 e. The molecular formula is C14H19N. The number of allylic oxidation sites excluding steroid dienone is 1. The van der Waals surface area contributed by atoms with Crippen molar-refractivity contribution in [3.05, 3.63) is 40.5 Å². The van der Waals surface area contributed by atoms with Crippen LogP contribution in [0.4, 0.5) is 0 Å². The molecular weight excluding hydrogens is 182 g/mol. The van der Waals surface area contributed by atoms with Crippen LogP contribution >= 0.6 is 0 Å². The Morgan fingerprint density at radius 1 is 1.40 bits per heavy atom. The van der Waals surface area contributed by atoms with Gasteiger partial charge in [-0.2, -0.15) is 0 Å². The Morgan fingerprint density at radius 2 is 2.20 bits per heavy atom. The minimum Gasteiger partial charge on any atom is -0.330 e. The first-order chi connectivity index (χ1) is 7.19. The Labute approximate surface area is 92.0 Å². The highest BCUT2D eigenvalue weighted by molar-refractivity contribution is 5.63. The summed E-state index contributed by atoms with van der Waals surface area (Å²) in [7, 11) is 0. The van der Waals surface area contributed by atoms with Gasteiger partial charge in [-0.3, -0.25) is 0 Å². The van der Waals surface area contributed by atoms with Gasteiger partial charge in [-0.15, -0.1) is 0 Å². The Hall–Kier alpha value is -1.08. The van der Waals surface area contributed by atoms with E-state index in [1.165, 1.54) is 22.3 Å². The second-order valence-electron chi connectivity index (χ2n) is 4.75. The maximum Gasteiger partial charge on any atom is -0.00483 e. The number of hydrogen-bond acceptors (Lipinski definition) is 1. The van der Waals surface area contributed by atoms with Crippen molar-refractivity contribution < 1.29 is 0 Å². The Kier molecular flexibility index (Phi) is 2.92. The molecule has 0 heterocycles. The van der Waals surface area contributed by atoms with E-state index in [4.69, 9.17) is 5.73 Å². The molecule has 1 aromatic carbocycles. The molecule has 0 saturated carbocycles. The molecule has 0 bridgehead atoms. The average Bonchev–Trinajstić information content (AvgIpc) is 2.57. The van der Waals surface area contributed by atoms with Crippen LogP contribution in [0.2, 0.25) is 0 Å². The Balaban J connectivity index is 2.19. The first-order valence-corrected chi connectivity index (χ1v) is 5.68. The highest BCUT2D eigenvalue weighted by Crippen LogP contribution is 2.26. The predicted octanol–water partition coefficient (Wildman–Crippen LogP) is 2.78. The fourth-order valence-corrected chi connectivity index (χ4v) is 2.17. The minimum absolute atomic E-state index is 0.578. The monoisotopic (exact) mass is 201 g/mol. The summed E-state index contributed by atoms with van der Waals surface area (Å²) in [5.74, 6) is 0.578. The second kappa shape index (κ2) is 4.19. The van der Waals surface area contributed by atoms with Crippen LogP contribution < -0.4 is 5.73 Å². The largest absolute Gasteiger partial charge is 0.330 e. The van der Waals surface area contributed by atoms with Gasteiger partial charge in [0, 0.05) is 0 Å². The number of rotatable bonds is 3. The molecule has 0 spiro atoms. The summed E-state index contributed by atoms with van der Waals surface area (Å²) in [6.07, 6.45) is 4.52. The molecule has 15 heavy (non-hydrogen) atoms. The van der Waals surface area contributed by atoms with E-state index in [9.17, 15) is 0 Å². The fourth-order valence-electron chi connectivity index (χ4n) is 2.17. The molecule has 1 aliphatic rings. The van der Waals surface area contributed by atoms with Gasteiger partial charge in [0.05, 0.1) is 0 Å². The van der Waals surface area contributed by atoms with E-state index in [0.29, 0.717) is 5.92 Å². The quantitative estimate of drug-likeness (QED) is 0.799. The molecule has 0 aliphatic heterocycles. The minimum atomic E-state index is 0.578. The van der Waals surface area contributed by atoms with Crippen LogP contribution in [0.15, 0.2) is 23.8 Å². The molecule has 1 atom stereocenters. The highest BCUT2D eigenvalue weighted by Gasteiger charge is 2.10. The molecule has 80 valence electrons. The zero-order chi connectivity index (χ0) is 10.8. The molecule has 1 aromatic rings. The normalized spacial score (nSPS) is 16.1. The van der Waals surface area contributed by atoms with E-state index in [2.05, 4.69) is 38.1 Å². The first-order valence-electron chi connectivity index (χ1n) is 5.68. The van der Waals surface area contributed by atoms with Crippen molar-refractivity contribution in [3.63, 3.8) is 0 Å². The van der Waals surface area contributed by atoms with Gasteiger partial charge >= 0.3 is 0 Å². The maximum absolute atomic E-state index is 5.64. The lowest BCUT2D eigenvalue weighted by Gasteiger charge is -2.09. The van der Waals surface area contributed by atoms with Crippen molar-refractivity contribution in [2.45, 2.75) is 26.7 Å². The molecule has 0 aromatic heterocycles. The number of fused-ring (bicyclic) bond motifs is 1. The van der Waals surface area contributed by atoms with Crippen LogP contribution in [-0.2, 0) is 12.8 Å². The zero-order valence-electron chi connectivity index (χ0n) is 9.59. The fraction of sp³-hybridized carbons (Fsp3) is 0.429. The zero-order valence-corrected chi connectivity index (χ0v) is 9.59. The van der Waals surface area contributed by atoms with Gasteiger partial charge in [-0.25, -0.2) is 0 Å². The van der Waals surface area contributed by atoms with E-state index < -0.39 is 0 Å². The van der Waals surface area contributed by atoms with Crippen LogP contribution in [0.1, 0.15) is 30.5 Å². The Morgan fingerprint density at radius 3 is 2.93 bits per heavy atom. The maximum atomic E-state index is 5.64. The van der Waals surface area contributed by atoms with Crippen LogP contribution in [-0.4, -0.2) is 6.54 Å². The van der Waals surface area contributed by atoms with Crippen molar-refractivity contribution in [2.75, 3.05) is 6.54 Å². The third kappa shape index (κ3) is 2.29. The lowest BCUT2D eigenvalue weighted by molar-refractivity contribution is 0.593. The molecule has 2 N–H and O–H groups in total. The van der Waals surface area contributed by atoms with Gasteiger partial charge in [0.2, 0.25) is 0 Å². The van der Waals surface area contributed by atoms with E-state index in [-0.39, 0.29) is 0 Å². The molecule has 0 radical (unpaired) electrons. The van der Waals surface area contributed by atoms with Gasteiger partial charge in [-0.05, 0) is 48.9 Å². The van der Waals surface area contributed by atoms with Crippen LogP contribution in [0.3, 0.4) is 0 Å². The highest BCUT2D eigenvalue weighted by atomic mass is 14.5. The molecule has 0 fully saturated rings. The van der Waals surface area contributed by atoms with E-state index in [1.54, 1.807) is 0 Å². The van der Waals surface area contributed by atoms with Gasteiger partial charge in [0.15, 0.2) is 0 Å². The van der Waals surface area contributed by atoms with Gasteiger partial charge in [0.25, 0.3) is 0 Å². The summed E-state index contributed by atoms with van der Waals surface area (Å²) in [5, 5.41) is 0. The molecule has 2 rings (SSSR count). The summed E-state index contributed by atoms with van der Waals surface area (Å²) in [4.78, 5) is 0. The summed E-state index contributed by atoms with van der Waals surface area (Å²) < 4.78 is 0. The molecule has 1 nitrogen and oxygen atoms in total. The first kappa shape index (κ1) is 10.4. The molecule has 0 amide bonds. The molecule has 1 unspecified atom stereocenters. The van der Waals surface area contributed by atoms with Gasteiger partial charge in [0.1, 0.15) is 0 Å². The average molecular weight is 201 g/mol. The summed E-state index contributed by atoms with van der Waals surface area (Å²) in [6.45, 7) is 5.17. The Bertz CT molecular complexity index is 390. The van der Waals surface area contributed by atoms with Crippen molar-refractivity contribution in [1.82, 2.24) is 0 Å². The second-order valence-corrected chi connectivity index (χ2v) is 4.75. The van der Waals surface area contributed by atoms with Crippen LogP contribution in [0, 0.1) is 5.92 Å². The third-order valence-electron chi connectivity index (χ3n) is 3.07. The number of hydrogen-bond donors (Lipinski definition) is 1. The number of nitrogens with two attached hydrogens (primary N) is 1. The predicted molar refractivity (Wildman–Crippen MR) is 65.7 cm³/mol. The van der Waals surface area contributed by atoms with Crippen LogP contribution in [0.5, 0.6) is 0 Å². The molecule has 1 heteroatoms. The van der Waals surface area contributed by atoms with E-state index in [1.807, 2.05) is 0 Å². The SMILES string of the molecule is CC1=Cc2cc(CC(C)CN)ccc2C1. The van der Waals surface area contributed by atoms with Crippen molar-refractivity contribution in [1.29, 1.82) is 0 Å². The van der Waals surface area contributed by atoms with Crippen LogP contribution in [0.25, 0.3) is 6.08 Å². The summed E-state index contributed by atoms with van der Waals surface area (Å²) in [5.41, 5.74) is 11.4. The third-order valence-corrected chi connectivity index (χ3v) is 3.07. The standard InChI is InChI=1S/C14H19N/c1-10-6-13-4-3-12(5-11(2)9-15)8-14(13)7-10/h3-4,7-8,11H,5-6,9,15H2,1-2H3. The van der Waals surface area contributed by atoms with Crippen molar-refractivity contribution in [3.8, 4) is 0 Å². The lowest BCUT2D eigenvalue weighted by Crippen LogP contribution is -2.13. The molecule has 0 saturated heterocycles. The van der Waals surface area contributed by atoms with E-state index >= 15 is 0 Å². The van der Waals surface area contributed by atoms with Crippen molar-refractivity contribution >= 4 is 6.08 Å². The summed E-state index contributed by atoms with van der Waals surface area (Å²) in [6, 6.07) is 6.83. The molecule has 1 aliphatic carbocycles. The van der Waals surface area contributed by atoms with Gasteiger partial charge in [-0.1, -0.05) is 36.8 Å². The topological polar surface area (TPSA) is 26.0 Å². The number of benzene rings is 1.